The summed E-state index contributed by atoms with van der Waals surface area (Å²) in [6, 6.07) is 11.8. The Labute approximate surface area is 150 Å². The summed E-state index contributed by atoms with van der Waals surface area (Å²) in [5.41, 5.74) is 2.63. The summed E-state index contributed by atoms with van der Waals surface area (Å²) in [4.78, 5) is 18.3. The molecule has 1 amide bonds. The maximum Gasteiger partial charge on any atom is 0.265 e. The number of nitrogens with zero attached hydrogens (tertiary/aromatic N) is 2. The van der Waals surface area contributed by atoms with Gasteiger partial charge in [-0.1, -0.05) is 41.9 Å². The van der Waals surface area contributed by atoms with Gasteiger partial charge in [-0.3, -0.25) is 4.79 Å². The Morgan fingerprint density at radius 2 is 2.08 bits per heavy atom. The molecule has 1 heterocycles. The first-order valence-electron chi connectivity index (χ1n) is 8.33. The fourth-order valence-electron chi connectivity index (χ4n) is 2.84. The lowest BCUT2D eigenvalue weighted by atomic mass is 10.1. The number of amides is 1. The number of carbonyl (C=O) groups excluding carboxylic acids is 1. The van der Waals surface area contributed by atoms with Crippen LogP contribution in [0.3, 0.4) is 0 Å². The number of aryl methyl sites for hydroxylation is 1. The fraction of sp³-hybridized carbons (Fsp3) is 0.316. The highest BCUT2D eigenvalue weighted by atomic mass is 32.1. The molecule has 1 N–H and O–H groups in total. The van der Waals surface area contributed by atoms with E-state index < -0.39 is 0 Å². The molecule has 0 bridgehead atoms. The van der Waals surface area contributed by atoms with Gasteiger partial charge in [-0.25, -0.2) is 0 Å². The molecule has 0 radical (unpaired) electrons. The highest BCUT2D eigenvalue weighted by molar-refractivity contribution is 7.16. The van der Waals surface area contributed by atoms with Crippen molar-refractivity contribution in [2.24, 2.45) is 5.16 Å². The van der Waals surface area contributed by atoms with Gasteiger partial charge in [-0.15, -0.1) is 11.3 Å². The molecule has 2 aromatic rings. The first-order valence-corrected chi connectivity index (χ1v) is 9.14. The number of rotatable bonds is 5. The van der Waals surface area contributed by atoms with Crippen molar-refractivity contribution in [2.75, 3.05) is 11.9 Å². The number of oxime groups is 1. The summed E-state index contributed by atoms with van der Waals surface area (Å²) in [6.07, 6.45) is 6.90. The molecule has 0 spiro atoms. The molecule has 6 heteroatoms. The summed E-state index contributed by atoms with van der Waals surface area (Å²) in [6.45, 7) is -0.184. The van der Waals surface area contributed by atoms with Crippen LogP contribution in [-0.4, -0.2) is 18.7 Å². The number of thiophene rings is 1. The van der Waals surface area contributed by atoms with Crippen molar-refractivity contribution in [3.05, 3.63) is 51.9 Å². The predicted molar refractivity (Wildman–Crippen MR) is 98.9 cm³/mol. The molecule has 0 saturated heterocycles. The van der Waals surface area contributed by atoms with E-state index in [1.807, 2.05) is 30.3 Å². The molecule has 25 heavy (non-hydrogen) atoms. The van der Waals surface area contributed by atoms with Gasteiger partial charge < -0.3 is 10.2 Å². The Morgan fingerprint density at radius 1 is 1.28 bits per heavy atom. The molecule has 0 saturated carbocycles. The van der Waals surface area contributed by atoms with Crippen molar-refractivity contribution in [1.82, 2.24) is 0 Å². The van der Waals surface area contributed by atoms with Crippen molar-refractivity contribution >= 4 is 28.5 Å². The summed E-state index contributed by atoms with van der Waals surface area (Å²) in [5, 5.41) is 16.7. The van der Waals surface area contributed by atoms with E-state index in [-0.39, 0.29) is 12.5 Å². The number of nitrogens with one attached hydrogen (secondary N) is 1. The zero-order chi connectivity index (χ0) is 17.5. The Balaban J connectivity index is 1.58. The van der Waals surface area contributed by atoms with E-state index in [0.717, 1.165) is 36.8 Å². The number of fused-ring (bicyclic) bond motifs is 1. The molecule has 128 valence electrons. The lowest BCUT2D eigenvalue weighted by Gasteiger charge is -2.03. The maximum atomic E-state index is 12.1. The number of nitriles is 1. The maximum absolute atomic E-state index is 12.1. The van der Waals surface area contributed by atoms with E-state index in [1.54, 1.807) is 6.21 Å². The van der Waals surface area contributed by atoms with Gasteiger partial charge in [0.05, 0.1) is 11.8 Å². The predicted octanol–water partition coefficient (Wildman–Crippen LogP) is 3.88. The zero-order valence-electron chi connectivity index (χ0n) is 13.8. The zero-order valence-corrected chi connectivity index (χ0v) is 14.6. The normalized spacial score (nSPS) is 13.7. The van der Waals surface area contributed by atoms with Gasteiger partial charge >= 0.3 is 0 Å². The van der Waals surface area contributed by atoms with Gasteiger partial charge in [0.15, 0.2) is 6.61 Å². The van der Waals surface area contributed by atoms with Crippen molar-refractivity contribution in [3.63, 3.8) is 0 Å². The second kappa shape index (κ2) is 8.45. The third kappa shape index (κ3) is 4.46. The molecular weight excluding hydrogens is 334 g/mol. The first-order chi connectivity index (χ1) is 12.3. The molecular formula is C19H19N3O2S. The SMILES string of the molecule is N#Cc1c(NC(=O)CON=Cc2ccccc2)sc2c1CCCCC2. The van der Waals surface area contributed by atoms with Gasteiger partial charge in [0, 0.05) is 4.88 Å². The number of anilines is 1. The molecule has 0 aliphatic heterocycles. The molecule has 3 rings (SSSR count). The van der Waals surface area contributed by atoms with Crippen LogP contribution in [0.4, 0.5) is 5.00 Å². The highest BCUT2D eigenvalue weighted by Gasteiger charge is 2.20. The topological polar surface area (TPSA) is 74.5 Å². The van der Waals surface area contributed by atoms with Crippen molar-refractivity contribution in [3.8, 4) is 6.07 Å². The summed E-state index contributed by atoms with van der Waals surface area (Å²) in [5.74, 6) is -0.307. The van der Waals surface area contributed by atoms with Crippen LogP contribution in [0.1, 0.15) is 40.8 Å². The molecule has 5 nitrogen and oxygen atoms in total. The van der Waals surface area contributed by atoms with E-state index in [2.05, 4.69) is 16.5 Å². The quantitative estimate of drug-likeness (QED) is 0.503. The Morgan fingerprint density at radius 3 is 2.88 bits per heavy atom. The van der Waals surface area contributed by atoms with E-state index in [0.29, 0.717) is 10.6 Å². The van der Waals surface area contributed by atoms with Crippen molar-refractivity contribution in [1.29, 1.82) is 5.26 Å². The number of carbonyl (C=O) groups is 1. The van der Waals surface area contributed by atoms with Gasteiger partial charge in [0.25, 0.3) is 5.91 Å². The minimum atomic E-state index is -0.307. The lowest BCUT2D eigenvalue weighted by Crippen LogP contribution is -2.17. The third-order valence-electron chi connectivity index (χ3n) is 4.06. The largest absolute Gasteiger partial charge is 0.386 e. The Bertz CT molecular complexity index is 806. The molecule has 0 atom stereocenters. The van der Waals surface area contributed by atoms with Crippen molar-refractivity contribution < 1.29 is 9.63 Å². The van der Waals surface area contributed by atoms with Crippen LogP contribution in [0.2, 0.25) is 0 Å². The van der Waals surface area contributed by atoms with Crippen LogP contribution < -0.4 is 5.32 Å². The number of hydrogen-bond donors (Lipinski definition) is 1. The van der Waals surface area contributed by atoms with E-state index >= 15 is 0 Å². The van der Waals surface area contributed by atoms with Gasteiger partial charge in [-0.2, -0.15) is 5.26 Å². The minimum absolute atomic E-state index is 0.184. The molecule has 1 aliphatic carbocycles. The number of benzene rings is 1. The lowest BCUT2D eigenvalue weighted by molar-refractivity contribution is -0.120. The summed E-state index contributed by atoms with van der Waals surface area (Å²) < 4.78 is 0. The van der Waals surface area contributed by atoms with E-state index in [4.69, 9.17) is 4.84 Å². The smallest absolute Gasteiger partial charge is 0.265 e. The summed E-state index contributed by atoms with van der Waals surface area (Å²) in [7, 11) is 0. The summed E-state index contributed by atoms with van der Waals surface area (Å²) >= 11 is 1.52. The number of hydrogen-bond acceptors (Lipinski definition) is 5. The van der Waals surface area contributed by atoms with E-state index in [9.17, 15) is 10.1 Å². The van der Waals surface area contributed by atoms with Crippen LogP contribution in [0.5, 0.6) is 0 Å². The average Bonchev–Trinajstić information content (AvgIpc) is 2.79. The Kier molecular flexibility index (Phi) is 5.81. The third-order valence-corrected chi connectivity index (χ3v) is 5.26. The standard InChI is InChI=1S/C19H19N3O2S/c20-11-16-15-9-5-2-6-10-17(15)25-19(16)22-18(23)13-24-21-12-14-7-3-1-4-8-14/h1,3-4,7-8,12H,2,5-6,9-10,13H2,(H,22,23). The van der Waals surface area contributed by atoms with Gasteiger partial charge in [0.2, 0.25) is 0 Å². The molecule has 0 fully saturated rings. The minimum Gasteiger partial charge on any atom is -0.386 e. The second-order valence-electron chi connectivity index (χ2n) is 5.85. The average molecular weight is 353 g/mol. The van der Waals surface area contributed by atoms with Crippen molar-refractivity contribution in [2.45, 2.75) is 32.1 Å². The molecule has 1 aliphatic rings. The Hall–Kier alpha value is -2.65. The molecule has 1 aromatic heterocycles. The first kappa shape index (κ1) is 17.2. The van der Waals surface area contributed by atoms with Crippen LogP contribution in [0, 0.1) is 11.3 Å². The van der Waals surface area contributed by atoms with E-state index in [1.165, 1.54) is 22.6 Å². The highest BCUT2D eigenvalue weighted by Crippen LogP contribution is 2.36. The van der Waals surface area contributed by atoms with Crippen LogP contribution >= 0.6 is 11.3 Å². The van der Waals surface area contributed by atoms with Gasteiger partial charge in [-0.05, 0) is 36.8 Å². The van der Waals surface area contributed by atoms with Crippen LogP contribution in [0.15, 0.2) is 35.5 Å². The molecule has 1 aromatic carbocycles. The van der Waals surface area contributed by atoms with Gasteiger partial charge in [0.1, 0.15) is 11.1 Å². The van der Waals surface area contributed by atoms with Crippen LogP contribution in [0.25, 0.3) is 0 Å². The monoisotopic (exact) mass is 353 g/mol. The van der Waals surface area contributed by atoms with Crippen LogP contribution in [-0.2, 0) is 22.5 Å². The second-order valence-corrected chi connectivity index (χ2v) is 6.95. The molecule has 0 unspecified atom stereocenters. The fourth-order valence-corrected chi connectivity index (χ4v) is 4.10.